The zero-order valence-corrected chi connectivity index (χ0v) is 38.2. The van der Waals surface area contributed by atoms with Gasteiger partial charge in [0.2, 0.25) is 0 Å². The molecule has 0 amide bonds. The Morgan fingerprint density at radius 1 is 1.08 bits per heavy atom. The molecule has 342 valence electrons. The summed E-state index contributed by atoms with van der Waals surface area (Å²) in [6, 6.07) is 2.19. The summed E-state index contributed by atoms with van der Waals surface area (Å²) in [7, 11) is 5.43. The van der Waals surface area contributed by atoms with Crippen LogP contribution in [0.2, 0.25) is 0 Å². The summed E-state index contributed by atoms with van der Waals surface area (Å²) in [4.78, 5) is 45.4. The quantitative estimate of drug-likeness (QED) is 0.195. The number of carbonyl (C=O) groups excluding carboxylic acids is 3. The Morgan fingerprint density at radius 3 is 2.36 bits per heavy atom. The number of nitrogens with zero attached hydrogens (tertiary/aromatic N) is 4. The first-order valence-corrected chi connectivity index (χ1v) is 21.7. The largest absolute Gasteiger partial charge is 0.737 e. The topological polar surface area (TPSA) is 163 Å². The van der Waals surface area contributed by atoms with Crippen molar-refractivity contribution >= 4 is 36.5 Å². The van der Waals surface area contributed by atoms with Gasteiger partial charge in [-0.1, -0.05) is 20.8 Å². The third kappa shape index (κ3) is 9.78. The van der Waals surface area contributed by atoms with Gasteiger partial charge in [0.15, 0.2) is 23.9 Å². The van der Waals surface area contributed by atoms with E-state index < -0.39 is 96.6 Å². The molecule has 1 aromatic rings. The van der Waals surface area contributed by atoms with Crippen molar-refractivity contribution in [1.82, 2.24) is 14.3 Å². The number of aliphatic hydroxyl groups excluding tert-OH is 1. The number of aliphatic hydroxyl groups is 3. The summed E-state index contributed by atoms with van der Waals surface area (Å²) in [5.74, 6) is -4.88. The zero-order chi connectivity index (χ0) is 45.7. The molecule has 1 aromatic heterocycles. The Hall–Kier alpha value is -3.32. The molecule has 1 unspecified atom stereocenters. The molecule has 5 heterocycles. The fourth-order valence-corrected chi connectivity index (χ4v) is 10.0. The van der Waals surface area contributed by atoms with Gasteiger partial charge in [-0.15, -0.1) is 0 Å². The molecule has 13 atom stereocenters. The van der Waals surface area contributed by atoms with Crippen molar-refractivity contribution in [1.29, 1.82) is 0 Å². The van der Waals surface area contributed by atoms with Crippen LogP contribution in [0.5, 0.6) is 0 Å². The standard InChI is InChI=1S/C44H69BF2N4O10/c1-14-35-44(10,57)39(54)30(8)49(13)23-24(2)22-43(9,56)40(28(6)37(53)29(7)41(55)59-35)61-42-38(34(48(11)12)20-27(5)58-42)60-36(52)18-17-31-15-16-32-21-33-25(3)19-26(4)50(33)45(46,47)51(31)32/h15-16,19,21,24,27-30,34-35,38-40,42,54,56-57H,14,17-18,20,22-23H2,1-13H3/t24-,27-,28+,29-,30-,34?,35-,38-,39-,40-,42+,43-,44-/m1/s1. The smallest absolute Gasteiger partial charge is 0.459 e. The van der Waals surface area contributed by atoms with Gasteiger partial charge >= 0.3 is 18.9 Å². The molecule has 14 nitrogen and oxygen atoms in total. The molecule has 0 aromatic carbocycles. The van der Waals surface area contributed by atoms with Crippen LogP contribution in [0.15, 0.2) is 29.5 Å². The van der Waals surface area contributed by atoms with Crippen molar-refractivity contribution in [2.75, 3.05) is 27.7 Å². The highest BCUT2D eigenvalue weighted by Gasteiger charge is 2.54. The van der Waals surface area contributed by atoms with Crippen molar-refractivity contribution in [3.63, 3.8) is 0 Å². The van der Waals surface area contributed by atoms with Crippen LogP contribution in [0.4, 0.5) is 8.63 Å². The number of rotatable bonds is 8. The maximum Gasteiger partial charge on any atom is 0.737 e. The van der Waals surface area contributed by atoms with Gasteiger partial charge in [0.05, 0.1) is 30.3 Å². The lowest BCUT2D eigenvalue weighted by atomic mass is 9.78. The summed E-state index contributed by atoms with van der Waals surface area (Å²) in [6.45, 7) is 12.7. The van der Waals surface area contributed by atoms with Crippen LogP contribution in [0, 0.1) is 17.8 Å². The number of hydrogen-bond donors (Lipinski definition) is 3. The highest BCUT2D eigenvalue weighted by molar-refractivity contribution is 6.58. The van der Waals surface area contributed by atoms with E-state index in [1.165, 1.54) is 13.8 Å². The number of Topliss-reactive ketones (excluding diaryl/α,β-unsaturated/α-hetero) is 1. The summed E-state index contributed by atoms with van der Waals surface area (Å²) in [5.41, 5.74) is -1.31. The first kappa shape index (κ1) is 48.7. The van der Waals surface area contributed by atoms with Gasteiger partial charge < -0.3 is 61.7 Å². The number of likely N-dealkylation sites (N-methyl/N-ethyl adjacent to an activating group) is 2. The van der Waals surface area contributed by atoms with E-state index in [1.807, 2.05) is 37.7 Å². The highest BCUT2D eigenvalue weighted by atomic mass is 19.2. The van der Waals surface area contributed by atoms with Crippen molar-refractivity contribution < 1.29 is 61.8 Å². The van der Waals surface area contributed by atoms with Crippen LogP contribution in [-0.2, 0) is 39.8 Å². The van der Waals surface area contributed by atoms with E-state index in [0.29, 0.717) is 30.1 Å². The molecule has 17 heteroatoms. The van der Waals surface area contributed by atoms with Crippen LogP contribution in [0.1, 0.15) is 106 Å². The fraction of sp³-hybridized carbons (Fsp3) is 0.727. The molecule has 0 spiro atoms. The van der Waals surface area contributed by atoms with Crippen molar-refractivity contribution in [3.8, 4) is 0 Å². The Morgan fingerprint density at radius 2 is 1.74 bits per heavy atom. The van der Waals surface area contributed by atoms with E-state index in [-0.39, 0.29) is 37.3 Å². The maximum atomic E-state index is 16.1. The lowest BCUT2D eigenvalue weighted by molar-refractivity contribution is -0.362. The molecule has 5 rings (SSSR count). The zero-order valence-electron chi connectivity index (χ0n) is 38.2. The molecule has 0 radical (unpaired) electrons. The van der Waals surface area contributed by atoms with Crippen LogP contribution < -0.4 is 0 Å². The Bertz CT molecular complexity index is 1910. The number of cyclic esters (lactones) is 1. The second-order valence-electron chi connectivity index (χ2n) is 18.9. The van der Waals surface area contributed by atoms with E-state index in [9.17, 15) is 29.7 Å². The van der Waals surface area contributed by atoms with Crippen LogP contribution in [0.25, 0.3) is 6.08 Å². The number of carbonyl (C=O) groups is 3. The van der Waals surface area contributed by atoms with Crippen LogP contribution in [0.3, 0.4) is 0 Å². The Kier molecular flexibility index (Phi) is 14.7. The number of ketones is 1. The monoisotopic (exact) mass is 863 g/mol. The number of esters is 2. The highest BCUT2D eigenvalue weighted by Crippen LogP contribution is 2.38. The number of ether oxygens (including phenoxy) is 4. The van der Waals surface area contributed by atoms with Gasteiger partial charge in [0, 0.05) is 48.8 Å². The lowest BCUT2D eigenvalue weighted by Gasteiger charge is -2.46. The molecule has 0 bridgehead atoms. The molecular weight excluding hydrogens is 793 g/mol. The summed E-state index contributed by atoms with van der Waals surface area (Å²) >= 11 is 0. The van der Waals surface area contributed by atoms with Crippen molar-refractivity contribution in [3.05, 3.63) is 40.9 Å². The molecule has 0 saturated carbocycles. The lowest BCUT2D eigenvalue weighted by Crippen LogP contribution is -2.60. The molecule has 0 aliphatic carbocycles. The average molecular weight is 863 g/mol. The second kappa shape index (κ2) is 18.4. The molecule has 2 fully saturated rings. The molecule has 2 saturated heterocycles. The van der Waals surface area contributed by atoms with Gasteiger partial charge in [0.25, 0.3) is 0 Å². The Labute approximate surface area is 359 Å². The van der Waals surface area contributed by atoms with E-state index in [1.54, 1.807) is 72.9 Å². The number of allylic oxidation sites excluding steroid dienone is 2. The van der Waals surface area contributed by atoms with E-state index in [4.69, 9.17) is 18.9 Å². The first-order chi connectivity index (χ1) is 28.2. The predicted molar refractivity (Wildman–Crippen MR) is 227 cm³/mol. The normalized spacial score (nSPS) is 37.9. The van der Waals surface area contributed by atoms with Crippen LogP contribution in [-0.4, -0.2) is 152 Å². The molecule has 61 heavy (non-hydrogen) atoms. The third-order valence-corrected chi connectivity index (χ3v) is 13.5. The predicted octanol–water partition coefficient (Wildman–Crippen LogP) is 4.18. The number of aromatic nitrogens is 1. The molecule has 4 aliphatic heterocycles. The van der Waals surface area contributed by atoms with Gasteiger partial charge in [-0.05, 0) is 112 Å². The molecule has 3 N–H and O–H groups in total. The minimum atomic E-state index is -4.22. The van der Waals surface area contributed by atoms with E-state index >= 15 is 8.63 Å². The van der Waals surface area contributed by atoms with Gasteiger partial charge in [-0.3, -0.25) is 14.4 Å². The van der Waals surface area contributed by atoms with Crippen molar-refractivity contribution in [2.24, 2.45) is 17.8 Å². The van der Waals surface area contributed by atoms with E-state index in [2.05, 4.69) is 0 Å². The minimum absolute atomic E-state index is 0.0338. The summed E-state index contributed by atoms with van der Waals surface area (Å²) in [5, 5.41) is 35.3. The first-order valence-electron chi connectivity index (χ1n) is 21.7. The van der Waals surface area contributed by atoms with Gasteiger partial charge in [-0.2, -0.15) is 0 Å². The van der Waals surface area contributed by atoms with Gasteiger partial charge in [0.1, 0.15) is 29.4 Å². The number of halogens is 2. The average Bonchev–Trinajstić information content (AvgIpc) is 3.73. The summed E-state index contributed by atoms with van der Waals surface area (Å²) in [6.07, 6.45) is -2.62. The SMILES string of the molecule is CC[C@H]1OC(=O)[C@H](C)C(=O)[C@H](C)[C@@H](O[C@@H]2O[C@H](C)CC(N(C)C)[C@H]2OC(=O)CCc2ccc3n2[B-](F)(F)[N+]2=C(C)C=C(C)C2=C3)[C@](C)(O)C[C@@H](C)CN(C)[C@H](C)[C@@H](O)[C@]1(C)O. The maximum absolute atomic E-state index is 16.1. The number of hydrogen-bond acceptors (Lipinski definition) is 12. The number of aryl methyl sites for hydroxylation is 1. The third-order valence-electron chi connectivity index (χ3n) is 13.5. The second-order valence-corrected chi connectivity index (χ2v) is 18.9. The van der Waals surface area contributed by atoms with Crippen LogP contribution >= 0.6 is 0 Å². The fourth-order valence-electron chi connectivity index (χ4n) is 10.0. The van der Waals surface area contributed by atoms with E-state index in [0.717, 1.165) is 14.5 Å². The molecular formula is C44H69BF2N4O10. The molecule has 4 aliphatic rings. The van der Waals surface area contributed by atoms with Crippen molar-refractivity contribution in [2.45, 2.75) is 161 Å². The number of fused-ring (bicyclic) bond motifs is 2. The Balaban J connectivity index is 1.43. The summed E-state index contributed by atoms with van der Waals surface area (Å²) < 4.78 is 59.3. The minimum Gasteiger partial charge on any atom is -0.459 e. The van der Waals surface area contributed by atoms with Gasteiger partial charge in [-0.25, -0.2) is 0 Å².